The molecule has 2 amide bonds. The lowest BCUT2D eigenvalue weighted by atomic mass is 10.1. The van der Waals surface area contributed by atoms with E-state index >= 15 is 0 Å². The quantitative estimate of drug-likeness (QED) is 0.597. The molecule has 0 spiro atoms. The van der Waals surface area contributed by atoms with E-state index in [-0.39, 0.29) is 17.8 Å². The first-order valence-electron chi connectivity index (χ1n) is 8.85. The highest BCUT2D eigenvalue weighted by molar-refractivity contribution is 5.73. The number of hydrogen-bond acceptors (Lipinski definition) is 5. The lowest BCUT2D eigenvalue weighted by Crippen LogP contribution is -2.40. The number of hydrogen-bond donors (Lipinski definition) is 2. The number of aromatic nitrogens is 2. The van der Waals surface area contributed by atoms with Crippen molar-refractivity contribution >= 4 is 11.7 Å². The van der Waals surface area contributed by atoms with Gasteiger partial charge < -0.3 is 19.9 Å². The number of aryl methyl sites for hydroxylation is 1. The molecule has 0 unspecified atom stereocenters. The SMILES string of the molecule is Cc1[nH]c(CN(C)C(=O)NC[C@@H]2CCCO2)nc1-c1cccc([N+](=O)[O-])c1. The highest BCUT2D eigenvalue weighted by Crippen LogP contribution is 2.25. The molecule has 2 aromatic rings. The lowest BCUT2D eigenvalue weighted by Gasteiger charge is -2.18. The molecule has 2 heterocycles. The molecule has 1 aliphatic rings. The maximum absolute atomic E-state index is 12.2. The number of urea groups is 1. The average Bonchev–Trinajstić information content (AvgIpc) is 3.29. The van der Waals surface area contributed by atoms with Crippen molar-refractivity contribution < 1.29 is 14.5 Å². The molecule has 1 atom stereocenters. The number of nitro benzene ring substituents is 1. The molecule has 3 rings (SSSR count). The van der Waals surface area contributed by atoms with E-state index in [0.29, 0.717) is 30.2 Å². The number of carbonyl (C=O) groups excluding carboxylic acids is 1. The molecule has 27 heavy (non-hydrogen) atoms. The van der Waals surface area contributed by atoms with Gasteiger partial charge in [-0.1, -0.05) is 12.1 Å². The van der Waals surface area contributed by atoms with Crippen molar-refractivity contribution in [2.24, 2.45) is 0 Å². The number of benzene rings is 1. The first kappa shape index (κ1) is 18.8. The first-order valence-corrected chi connectivity index (χ1v) is 8.85. The van der Waals surface area contributed by atoms with Gasteiger partial charge >= 0.3 is 6.03 Å². The fraction of sp³-hybridized carbons (Fsp3) is 0.444. The Morgan fingerprint density at radius 2 is 2.33 bits per heavy atom. The second-order valence-electron chi connectivity index (χ2n) is 6.64. The maximum atomic E-state index is 12.2. The summed E-state index contributed by atoms with van der Waals surface area (Å²) in [5.74, 6) is 0.615. The monoisotopic (exact) mass is 373 g/mol. The Morgan fingerprint density at radius 3 is 3.04 bits per heavy atom. The summed E-state index contributed by atoms with van der Waals surface area (Å²) in [6.45, 7) is 3.40. The highest BCUT2D eigenvalue weighted by Gasteiger charge is 2.19. The first-order chi connectivity index (χ1) is 12.9. The van der Waals surface area contributed by atoms with E-state index < -0.39 is 4.92 Å². The van der Waals surface area contributed by atoms with Gasteiger partial charge in [0.05, 0.1) is 23.3 Å². The standard InChI is InChI=1S/C18H23N5O4/c1-12-17(13-5-3-6-14(9-13)23(25)26)21-16(20-12)11-22(2)18(24)19-10-15-7-4-8-27-15/h3,5-6,9,15H,4,7-8,10-11H2,1-2H3,(H,19,24)(H,20,21)/t15-/m0/s1. The van der Waals surface area contributed by atoms with E-state index in [9.17, 15) is 14.9 Å². The number of carbonyl (C=O) groups is 1. The molecule has 0 bridgehead atoms. The van der Waals surface area contributed by atoms with Crippen molar-refractivity contribution in [1.29, 1.82) is 0 Å². The third-order valence-corrected chi connectivity index (χ3v) is 4.50. The lowest BCUT2D eigenvalue weighted by molar-refractivity contribution is -0.384. The minimum absolute atomic E-state index is 0.0158. The molecule has 1 saturated heterocycles. The van der Waals surface area contributed by atoms with Crippen molar-refractivity contribution in [3.8, 4) is 11.3 Å². The number of nitrogens with zero attached hydrogens (tertiary/aromatic N) is 3. The molecule has 9 nitrogen and oxygen atoms in total. The summed E-state index contributed by atoms with van der Waals surface area (Å²) < 4.78 is 5.50. The summed E-state index contributed by atoms with van der Waals surface area (Å²) in [4.78, 5) is 32.0. The van der Waals surface area contributed by atoms with E-state index in [1.165, 1.54) is 17.0 Å². The largest absolute Gasteiger partial charge is 0.376 e. The molecule has 1 aromatic carbocycles. The number of amides is 2. The van der Waals surface area contributed by atoms with Crippen LogP contribution in [0.2, 0.25) is 0 Å². The van der Waals surface area contributed by atoms with Crippen LogP contribution in [0.15, 0.2) is 24.3 Å². The van der Waals surface area contributed by atoms with Crippen molar-refractivity contribution in [2.45, 2.75) is 32.4 Å². The van der Waals surface area contributed by atoms with Gasteiger partial charge in [0, 0.05) is 43.6 Å². The van der Waals surface area contributed by atoms with Gasteiger partial charge in [0.25, 0.3) is 5.69 Å². The molecular weight excluding hydrogens is 350 g/mol. The van der Waals surface area contributed by atoms with Crippen LogP contribution in [0.1, 0.15) is 24.4 Å². The molecular formula is C18H23N5O4. The summed E-state index contributed by atoms with van der Waals surface area (Å²) in [5.41, 5.74) is 2.11. The minimum atomic E-state index is -0.432. The van der Waals surface area contributed by atoms with Crippen LogP contribution in [-0.4, -0.2) is 52.1 Å². The van der Waals surface area contributed by atoms with Crippen molar-refractivity contribution in [3.63, 3.8) is 0 Å². The second kappa shape index (κ2) is 8.17. The minimum Gasteiger partial charge on any atom is -0.376 e. The van der Waals surface area contributed by atoms with Gasteiger partial charge in [-0.25, -0.2) is 9.78 Å². The van der Waals surface area contributed by atoms with Crippen LogP contribution in [0, 0.1) is 17.0 Å². The molecule has 1 fully saturated rings. The Bertz CT molecular complexity index is 829. The van der Waals surface area contributed by atoms with Gasteiger partial charge in [-0.05, 0) is 19.8 Å². The summed E-state index contributed by atoms with van der Waals surface area (Å²) >= 11 is 0. The fourth-order valence-electron chi connectivity index (χ4n) is 3.08. The third-order valence-electron chi connectivity index (χ3n) is 4.50. The number of imidazole rings is 1. The van der Waals surface area contributed by atoms with Crippen LogP contribution in [0.3, 0.4) is 0 Å². The van der Waals surface area contributed by atoms with Gasteiger partial charge in [-0.2, -0.15) is 0 Å². The van der Waals surface area contributed by atoms with Crippen LogP contribution in [0.5, 0.6) is 0 Å². The molecule has 0 aliphatic carbocycles. The number of rotatable bonds is 6. The molecule has 0 radical (unpaired) electrons. The Kier molecular flexibility index (Phi) is 5.70. The second-order valence-corrected chi connectivity index (χ2v) is 6.64. The summed E-state index contributed by atoms with van der Waals surface area (Å²) in [6, 6.07) is 6.14. The van der Waals surface area contributed by atoms with Gasteiger partial charge in [-0.15, -0.1) is 0 Å². The highest BCUT2D eigenvalue weighted by atomic mass is 16.6. The predicted molar refractivity (Wildman–Crippen MR) is 99.3 cm³/mol. The summed E-state index contributed by atoms with van der Waals surface area (Å²) in [6.07, 6.45) is 2.09. The fourth-order valence-corrected chi connectivity index (χ4v) is 3.08. The number of nitro groups is 1. The Labute approximate surface area is 156 Å². The van der Waals surface area contributed by atoms with Crippen molar-refractivity contribution in [1.82, 2.24) is 20.2 Å². The smallest absolute Gasteiger partial charge is 0.317 e. The molecule has 0 saturated carbocycles. The summed E-state index contributed by atoms with van der Waals surface area (Å²) in [7, 11) is 1.69. The van der Waals surface area contributed by atoms with Crippen LogP contribution in [0.25, 0.3) is 11.3 Å². The molecule has 1 aromatic heterocycles. The molecule has 1 aliphatic heterocycles. The maximum Gasteiger partial charge on any atom is 0.317 e. The van der Waals surface area contributed by atoms with Crippen molar-refractivity contribution in [2.75, 3.05) is 20.2 Å². The number of ether oxygens (including phenoxy) is 1. The van der Waals surface area contributed by atoms with Gasteiger partial charge in [0.1, 0.15) is 5.82 Å². The van der Waals surface area contributed by atoms with Gasteiger partial charge in [-0.3, -0.25) is 10.1 Å². The molecule has 9 heteroatoms. The molecule has 144 valence electrons. The number of non-ortho nitro benzene ring substituents is 1. The van der Waals surface area contributed by atoms with Crippen molar-refractivity contribution in [3.05, 3.63) is 45.9 Å². The third kappa shape index (κ3) is 4.62. The number of nitrogens with one attached hydrogen (secondary N) is 2. The van der Waals surface area contributed by atoms with Crippen LogP contribution < -0.4 is 5.32 Å². The molecule has 2 N–H and O–H groups in total. The van der Waals surface area contributed by atoms with E-state index in [2.05, 4.69) is 15.3 Å². The Hall–Kier alpha value is -2.94. The van der Waals surface area contributed by atoms with Crippen LogP contribution in [-0.2, 0) is 11.3 Å². The van der Waals surface area contributed by atoms with E-state index in [1.54, 1.807) is 19.2 Å². The predicted octanol–water partition coefficient (Wildman–Crippen LogP) is 2.61. The summed E-state index contributed by atoms with van der Waals surface area (Å²) in [5, 5.41) is 13.8. The number of H-pyrrole nitrogens is 1. The number of aromatic amines is 1. The van der Waals surface area contributed by atoms with Gasteiger partial charge in [0.2, 0.25) is 0 Å². The van der Waals surface area contributed by atoms with E-state index in [1.807, 2.05) is 6.92 Å². The topological polar surface area (TPSA) is 113 Å². The normalized spacial score (nSPS) is 16.3. The average molecular weight is 373 g/mol. The van der Waals surface area contributed by atoms with Gasteiger partial charge in [0.15, 0.2) is 0 Å². The van der Waals surface area contributed by atoms with Crippen LogP contribution >= 0.6 is 0 Å². The zero-order valence-corrected chi connectivity index (χ0v) is 15.4. The van der Waals surface area contributed by atoms with Crippen LogP contribution in [0.4, 0.5) is 10.5 Å². The van der Waals surface area contributed by atoms with E-state index in [4.69, 9.17) is 4.74 Å². The van der Waals surface area contributed by atoms with E-state index in [0.717, 1.165) is 25.1 Å². The zero-order valence-electron chi connectivity index (χ0n) is 15.4. The Morgan fingerprint density at radius 1 is 1.52 bits per heavy atom. The zero-order chi connectivity index (χ0) is 19.4. The Balaban J connectivity index is 1.64.